The van der Waals surface area contributed by atoms with E-state index in [2.05, 4.69) is 5.32 Å². The van der Waals surface area contributed by atoms with Crippen LogP contribution in [0, 0.1) is 5.82 Å². The third kappa shape index (κ3) is 6.56. The van der Waals surface area contributed by atoms with Crippen molar-refractivity contribution in [3.63, 3.8) is 0 Å². The molecular weight excluding hydrogens is 598 g/mol. The number of halogens is 1. The van der Waals surface area contributed by atoms with Crippen LogP contribution < -0.4 is 5.32 Å². The predicted octanol–water partition coefficient (Wildman–Crippen LogP) is 8.18. The molecule has 6 rings (SSSR count). The van der Waals surface area contributed by atoms with Gasteiger partial charge in [0.05, 0.1) is 16.5 Å². The van der Waals surface area contributed by atoms with Crippen molar-refractivity contribution in [2.45, 2.75) is 44.5 Å². The zero-order valence-corrected chi connectivity index (χ0v) is 26.9. The van der Waals surface area contributed by atoms with E-state index in [4.69, 9.17) is 4.98 Å². The number of aliphatic hydroxyl groups is 1. The van der Waals surface area contributed by atoms with Gasteiger partial charge in [-0.25, -0.2) is 17.9 Å². The number of carbonyl (C=O) groups is 1. The molecule has 0 unspecified atom stereocenters. The number of nitrogens with one attached hydrogen (secondary N) is 1. The number of nitrogens with zero attached hydrogens (tertiary/aromatic N) is 2. The number of hydrogen-bond acceptors (Lipinski definition) is 4. The first-order valence-corrected chi connectivity index (χ1v) is 16.4. The Kier molecular flexibility index (Phi) is 8.95. The summed E-state index contributed by atoms with van der Waals surface area (Å²) >= 11 is 0. The van der Waals surface area contributed by atoms with Crippen molar-refractivity contribution in [2.75, 3.05) is 11.9 Å². The fraction of sp³-hybridized carbons (Fsp3) is 0.211. The van der Waals surface area contributed by atoms with Crippen molar-refractivity contribution in [3.05, 3.63) is 132 Å². The van der Waals surface area contributed by atoms with Crippen LogP contribution in [0.5, 0.6) is 0 Å². The Balaban J connectivity index is 1.42. The van der Waals surface area contributed by atoms with E-state index in [1.54, 1.807) is 12.1 Å². The van der Waals surface area contributed by atoms with E-state index in [0.29, 0.717) is 29.9 Å². The monoisotopic (exact) mass is 633 g/mol. The number of aromatic nitrogens is 1. The zero-order valence-electron chi connectivity index (χ0n) is 26.0. The summed E-state index contributed by atoms with van der Waals surface area (Å²) in [6.45, 7) is 6.00. The number of aliphatic hydroxyl groups excluding tert-OH is 1. The van der Waals surface area contributed by atoms with Gasteiger partial charge in [0.25, 0.3) is 5.91 Å². The first-order chi connectivity index (χ1) is 22.1. The van der Waals surface area contributed by atoms with E-state index in [9.17, 15) is 18.5 Å². The van der Waals surface area contributed by atoms with Crippen LogP contribution in [-0.2, 0) is 17.5 Å². The maximum absolute atomic E-state index is 14.1. The van der Waals surface area contributed by atoms with Crippen molar-refractivity contribution in [1.29, 1.82) is 0 Å². The second-order valence-corrected chi connectivity index (χ2v) is 14.6. The quantitative estimate of drug-likeness (QED) is 0.181. The van der Waals surface area contributed by atoms with Crippen LogP contribution in [0.2, 0.25) is 0 Å². The van der Waals surface area contributed by atoms with E-state index < -0.39 is 15.7 Å². The lowest BCUT2D eigenvalue weighted by Gasteiger charge is -2.30. The highest BCUT2D eigenvalue weighted by molar-refractivity contribution is 7.84. The Labute approximate surface area is 271 Å². The lowest BCUT2D eigenvalue weighted by molar-refractivity contribution is 0.102. The van der Waals surface area contributed by atoms with Crippen LogP contribution in [0.1, 0.15) is 54.8 Å². The molecule has 1 amide bonds. The number of rotatable bonds is 8. The maximum Gasteiger partial charge on any atom is 0.274 e. The average Bonchev–Trinajstić information content (AvgIpc) is 3.42. The molecule has 0 aliphatic carbocycles. The molecule has 1 aliphatic rings. The third-order valence-electron chi connectivity index (χ3n) is 8.07. The second kappa shape index (κ2) is 13.1. The predicted molar refractivity (Wildman–Crippen MR) is 183 cm³/mol. The van der Waals surface area contributed by atoms with Gasteiger partial charge in [0.2, 0.25) is 0 Å². The number of amides is 1. The van der Waals surface area contributed by atoms with E-state index in [0.717, 1.165) is 33.4 Å². The minimum Gasteiger partial charge on any atom is -0.396 e. The fourth-order valence-electron chi connectivity index (χ4n) is 5.89. The summed E-state index contributed by atoms with van der Waals surface area (Å²) in [5.41, 5.74) is 7.49. The third-order valence-corrected chi connectivity index (χ3v) is 9.92. The topological polar surface area (TPSA) is 82.5 Å². The van der Waals surface area contributed by atoms with Crippen LogP contribution >= 0.6 is 0 Å². The van der Waals surface area contributed by atoms with Crippen molar-refractivity contribution in [3.8, 4) is 33.5 Å². The van der Waals surface area contributed by atoms with Crippen LogP contribution in [-0.4, -0.2) is 35.9 Å². The average molecular weight is 634 g/mol. The van der Waals surface area contributed by atoms with Gasteiger partial charge in [-0.1, -0.05) is 72.8 Å². The number of fused-ring (bicyclic) bond motifs is 1. The van der Waals surface area contributed by atoms with Crippen molar-refractivity contribution >= 4 is 22.6 Å². The number of hydrogen-bond donors (Lipinski definition) is 2. The van der Waals surface area contributed by atoms with Gasteiger partial charge in [-0.3, -0.25) is 4.79 Å². The summed E-state index contributed by atoms with van der Waals surface area (Å²) in [6.07, 6.45) is 0.354. The molecule has 46 heavy (non-hydrogen) atoms. The highest BCUT2D eigenvalue weighted by Crippen LogP contribution is 2.44. The standard InChI is InChI=1S/C38H36FN3O3S/c1-38(2,3)46(45)42-24-30-23-33(37(44)40-32-17-15-26(16-18-32)25-9-5-4-6-10-25)41-36(35(30)34(42)19-20-43)29-13-7-11-27(21-29)28-12-8-14-31(39)22-28/h4-18,21-23,34,43H,19-20,24H2,1-3H3,(H,40,44)/t34-,46-/m0/s1. The van der Waals surface area contributed by atoms with Gasteiger partial charge in [-0.2, -0.15) is 0 Å². The van der Waals surface area contributed by atoms with Gasteiger partial charge in [0.1, 0.15) is 22.5 Å². The summed E-state index contributed by atoms with van der Waals surface area (Å²) in [5.74, 6) is -0.701. The molecule has 0 spiro atoms. The molecule has 0 saturated carbocycles. The molecular formula is C38H36FN3O3S. The Morgan fingerprint density at radius 3 is 2.17 bits per heavy atom. The number of benzene rings is 4. The molecule has 1 aromatic heterocycles. The smallest absolute Gasteiger partial charge is 0.274 e. The molecule has 0 bridgehead atoms. The molecule has 4 aromatic carbocycles. The maximum atomic E-state index is 14.1. The highest BCUT2D eigenvalue weighted by atomic mass is 32.2. The summed E-state index contributed by atoms with van der Waals surface area (Å²) in [5, 5.41) is 13.1. The normalized spacial score (nSPS) is 15.4. The van der Waals surface area contributed by atoms with Crippen LogP contribution in [0.25, 0.3) is 33.5 Å². The Bertz CT molecular complexity index is 1910. The van der Waals surface area contributed by atoms with Crippen molar-refractivity contribution in [2.24, 2.45) is 0 Å². The largest absolute Gasteiger partial charge is 0.396 e. The van der Waals surface area contributed by atoms with Crippen LogP contribution in [0.15, 0.2) is 109 Å². The van der Waals surface area contributed by atoms with Crippen LogP contribution in [0.4, 0.5) is 10.1 Å². The molecule has 2 heterocycles. The molecule has 0 radical (unpaired) electrons. The first-order valence-electron chi connectivity index (χ1n) is 15.3. The molecule has 6 nitrogen and oxygen atoms in total. The number of anilines is 1. The minimum atomic E-state index is -1.39. The van der Waals surface area contributed by atoms with Gasteiger partial charge in [0.15, 0.2) is 0 Å². The van der Waals surface area contributed by atoms with E-state index >= 15 is 0 Å². The Morgan fingerprint density at radius 1 is 0.870 bits per heavy atom. The SMILES string of the molecule is CC(C)(C)[S@](=O)N1Cc2cc(C(=O)Nc3ccc(-c4ccccc4)cc3)nc(-c3cccc(-c4cccc(F)c4)c3)c2[C@@H]1CCO. The van der Waals surface area contributed by atoms with Gasteiger partial charge in [-0.05, 0) is 91.4 Å². The van der Waals surface area contributed by atoms with E-state index in [1.165, 1.54) is 12.1 Å². The highest BCUT2D eigenvalue weighted by Gasteiger charge is 2.40. The second-order valence-electron chi connectivity index (χ2n) is 12.4. The van der Waals surface area contributed by atoms with E-state index in [1.807, 2.05) is 110 Å². The molecule has 0 saturated heterocycles. The number of pyridine rings is 1. The first kappa shape index (κ1) is 31.5. The van der Waals surface area contributed by atoms with Gasteiger partial charge in [0, 0.05) is 30.0 Å². The molecule has 234 valence electrons. The molecule has 2 N–H and O–H groups in total. The van der Waals surface area contributed by atoms with Gasteiger partial charge in [-0.15, -0.1) is 0 Å². The lowest BCUT2D eigenvalue weighted by Crippen LogP contribution is -2.36. The summed E-state index contributed by atoms with van der Waals surface area (Å²) in [4.78, 5) is 18.7. The number of carbonyl (C=O) groups excluding carboxylic acids is 1. The molecule has 8 heteroatoms. The van der Waals surface area contributed by atoms with Gasteiger partial charge < -0.3 is 10.4 Å². The Morgan fingerprint density at radius 2 is 1.50 bits per heavy atom. The zero-order chi connectivity index (χ0) is 32.4. The fourth-order valence-corrected chi connectivity index (χ4v) is 7.29. The summed E-state index contributed by atoms with van der Waals surface area (Å²) < 4.78 is 29.2. The lowest BCUT2D eigenvalue weighted by atomic mass is 9.94. The summed E-state index contributed by atoms with van der Waals surface area (Å²) in [7, 11) is -1.39. The van der Waals surface area contributed by atoms with Crippen molar-refractivity contribution in [1.82, 2.24) is 9.29 Å². The summed E-state index contributed by atoms with van der Waals surface area (Å²) in [6, 6.07) is 33.1. The molecule has 5 aromatic rings. The molecule has 1 aliphatic heterocycles. The minimum absolute atomic E-state index is 0.105. The Hall–Kier alpha value is -4.50. The van der Waals surface area contributed by atoms with Gasteiger partial charge >= 0.3 is 0 Å². The molecule has 2 atom stereocenters. The van der Waals surface area contributed by atoms with E-state index in [-0.39, 0.29) is 30.1 Å². The molecule has 0 fully saturated rings. The van der Waals surface area contributed by atoms with Crippen LogP contribution in [0.3, 0.4) is 0 Å². The van der Waals surface area contributed by atoms with Crippen molar-refractivity contribution < 1.29 is 18.5 Å².